The fourth-order valence-electron chi connectivity index (χ4n) is 3.12. The molecule has 1 aliphatic rings. The Morgan fingerprint density at radius 3 is 2.55 bits per heavy atom. The molecule has 4 rings (SSSR count). The molecule has 2 aromatic carbocycles. The predicted molar refractivity (Wildman–Crippen MR) is 87.3 cm³/mol. The molecule has 1 heterocycles. The third kappa shape index (κ3) is 2.23. The highest BCUT2D eigenvalue weighted by Crippen LogP contribution is 2.37. The molecule has 0 amide bonds. The van der Waals surface area contributed by atoms with Gasteiger partial charge >= 0.3 is 0 Å². The van der Waals surface area contributed by atoms with Crippen molar-refractivity contribution in [1.29, 1.82) is 0 Å². The normalized spacial score (nSPS) is 14.9. The summed E-state index contributed by atoms with van der Waals surface area (Å²) >= 11 is 0. The second-order valence-corrected chi connectivity index (χ2v) is 6.03. The minimum atomic E-state index is 0.599. The molecule has 0 radical (unpaired) electrons. The van der Waals surface area contributed by atoms with Crippen LogP contribution in [0.25, 0.3) is 11.0 Å². The number of rotatable bonds is 4. The van der Waals surface area contributed by atoms with Crippen LogP contribution in [0.3, 0.4) is 0 Å². The lowest BCUT2D eigenvalue weighted by Gasteiger charge is -2.25. The second-order valence-electron chi connectivity index (χ2n) is 6.03. The number of fused-ring (bicyclic) bond motifs is 1. The lowest BCUT2D eigenvalue weighted by molar-refractivity contribution is 0.112. The van der Waals surface area contributed by atoms with Gasteiger partial charge in [0.15, 0.2) is 0 Å². The largest absolute Gasteiger partial charge is 0.323 e. The lowest BCUT2D eigenvalue weighted by atomic mass is 9.85. The van der Waals surface area contributed by atoms with Crippen molar-refractivity contribution in [2.75, 3.05) is 0 Å². The molecular weight excluding hydrogens is 272 g/mol. The first kappa shape index (κ1) is 13.3. The summed E-state index contributed by atoms with van der Waals surface area (Å²) in [5, 5.41) is 0. The minimum Gasteiger partial charge on any atom is -0.323 e. The van der Waals surface area contributed by atoms with Gasteiger partial charge in [-0.1, -0.05) is 42.8 Å². The fourth-order valence-corrected chi connectivity index (χ4v) is 3.12. The second kappa shape index (κ2) is 5.41. The van der Waals surface area contributed by atoms with Crippen molar-refractivity contribution in [1.82, 2.24) is 9.55 Å². The molecule has 0 N–H and O–H groups in total. The predicted octanol–water partition coefficient (Wildman–Crippen LogP) is 4.16. The molecule has 3 heteroatoms. The number of aldehydes is 1. The van der Waals surface area contributed by atoms with Crippen LogP contribution >= 0.6 is 0 Å². The average molecular weight is 290 g/mol. The van der Waals surface area contributed by atoms with Gasteiger partial charge in [-0.05, 0) is 30.5 Å². The Bertz CT molecular complexity index is 813. The summed E-state index contributed by atoms with van der Waals surface area (Å²) in [7, 11) is 0. The van der Waals surface area contributed by atoms with E-state index in [-0.39, 0.29) is 0 Å². The molecule has 3 aromatic rings. The van der Waals surface area contributed by atoms with E-state index in [0.717, 1.165) is 23.9 Å². The highest BCUT2D eigenvalue weighted by atomic mass is 16.1. The van der Waals surface area contributed by atoms with E-state index in [1.165, 1.54) is 36.2 Å². The van der Waals surface area contributed by atoms with Crippen molar-refractivity contribution in [2.24, 2.45) is 0 Å². The molecule has 110 valence electrons. The molecule has 1 aromatic heterocycles. The van der Waals surface area contributed by atoms with E-state index in [1.54, 1.807) is 0 Å². The summed E-state index contributed by atoms with van der Waals surface area (Å²) in [6.07, 6.45) is 4.68. The summed E-state index contributed by atoms with van der Waals surface area (Å²) in [6.45, 7) is 0.811. The van der Waals surface area contributed by atoms with E-state index >= 15 is 0 Å². The summed E-state index contributed by atoms with van der Waals surface area (Å²) < 4.78 is 2.34. The van der Waals surface area contributed by atoms with Gasteiger partial charge in [0.2, 0.25) is 0 Å². The Hall–Kier alpha value is -2.42. The zero-order valence-corrected chi connectivity index (χ0v) is 12.4. The standard InChI is InChI=1S/C19H18N2O/c22-13-15-10-8-14(9-11-15)12-21-18-7-2-1-6-17(18)20-19(21)16-4-3-5-16/h1-2,6-11,13,16H,3-5,12H2. The van der Waals surface area contributed by atoms with Crippen LogP contribution in [0.2, 0.25) is 0 Å². The van der Waals surface area contributed by atoms with Crippen LogP contribution in [0, 0.1) is 0 Å². The van der Waals surface area contributed by atoms with Crippen LogP contribution in [-0.2, 0) is 6.54 Å². The van der Waals surface area contributed by atoms with Crippen LogP contribution in [0.15, 0.2) is 48.5 Å². The van der Waals surface area contributed by atoms with Crippen molar-refractivity contribution >= 4 is 17.3 Å². The zero-order chi connectivity index (χ0) is 14.9. The van der Waals surface area contributed by atoms with Crippen molar-refractivity contribution in [3.05, 3.63) is 65.5 Å². The number of hydrogen-bond acceptors (Lipinski definition) is 2. The molecule has 0 spiro atoms. The Morgan fingerprint density at radius 2 is 1.86 bits per heavy atom. The number of benzene rings is 2. The molecule has 3 nitrogen and oxygen atoms in total. The molecule has 0 aliphatic heterocycles. The fraction of sp³-hybridized carbons (Fsp3) is 0.263. The highest BCUT2D eigenvalue weighted by Gasteiger charge is 2.25. The smallest absolute Gasteiger partial charge is 0.150 e. The number of imidazole rings is 1. The number of carbonyl (C=O) groups excluding carboxylic acids is 1. The van der Waals surface area contributed by atoms with Crippen LogP contribution in [0.1, 0.15) is 46.9 Å². The number of aromatic nitrogens is 2. The molecular formula is C19H18N2O. The van der Waals surface area contributed by atoms with Crippen molar-refractivity contribution in [2.45, 2.75) is 31.7 Å². The Kier molecular flexibility index (Phi) is 3.26. The molecule has 1 fully saturated rings. The lowest BCUT2D eigenvalue weighted by Crippen LogP contribution is -2.16. The summed E-state index contributed by atoms with van der Waals surface area (Å²) in [5.74, 6) is 1.81. The van der Waals surface area contributed by atoms with Gasteiger partial charge in [-0.25, -0.2) is 4.98 Å². The third-order valence-electron chi connectivity index (χ3n) is 4.61. The van der Waals surface area contributed by atoms with E-state index in [9.17, 15) is 4.79 Å². The van der Waals surface area contributed by atoms with Gasteiger partial charge in [-0.2, -0.15) is 0 Å². The summed E-state index contributed by atoms with van der Waals surface area (Å²) in [5.41, 5.74) is 4.20. The first-order valence-electron chi connectivity index (χ1n) is 7.84. The molecule has 0 unspecified atom stereocenters. The van der Waals surface area contributed by atoms with Crippen molar-refractivity contribution < 1.29 is 4.79 Å². The van der Waals surface area contributed by atoms with Crippen LogP contribution in [0.5, 0.6) is 0 Å². The zero-order valence-electron chi connectivity index (χ0n) is 12.4. The van der Waals surface area contributed by atoms with Crippen molar-refractivity contribution in [3.63, 3.8) is 0 Å². The Morgan fingerprint density at radius 1 is 1.09 bits per heavy atom. The maximum absolute atomic E-state index is 10.8. The van der Waals surface area contributed by atoms with E-state index in [4.69, 9.17) is 4.98 Å². The van der Waals surface area contributed by atoms with Crippen LogP contribution < -0.4 is 0 Å². The van der Waals surface area contributed by atoms with E-state index in [0.29, 0.717) is 5.92 Å². The summed E-state index contributed by atoms with van der Waals surface area (Å²) in [6, 6.07) is 16.2. The number of hydrogen-bond donors (Lipinski definition) is 0. The maximum atomic E-state index is 10.8. The monoisotopic (exact) mass is 290 g/mol. The summed E-state index contributed by atoms with van der Waals surface area (Å²) in [4.78, 5) is 15.7. The minimum absolute atomic E-state index is 0.599. The molecule has 22 heavy (non-hydrogen) atoms. The van der Waals surface area contributed by atoms with Gasteiger partial charge in [-0.15, -0.1) is 0 Å². The van der Waals surface area contributed by atoms with Gasteiger partial charge < -0.3 is 4.57 Å². The Balaban J connectivity index is 1.76. The van der Waals surface area contributed by atoms with E-state index < -0.39 is 0 Å². The third-order valence-corrected chi connectivity index (χ3v) is 4.61. The maximum Gasteiger partial charge on any atom is 0.150 e. The molecule has 0 atom stereocenters. The number of para-hydroxylation sites is 2. The molecule has 1 aliphatic carbocycles. The van der Waals surface area contributed by atoms with Gasteiger partial charge in [0.25, 0.3) is 0 Å². The molecule has 0 saturated heterocycles. The van der Waals surface area contributed by atoms with E-state index in [1.807, 2.05) is 30.3 Å². The molecule has 1 saturated carbocycles. The van der Waals surface area contributed by atoms with Crippen LogP contribution in [-0.4, -0.2) is 15.8 Å². The van der Waals surface area contributed by atoms with Gasteiger partial charge in [0.1, 0.15) is 12.1 Å². The molecule has 0 bridgehead atoms. The average Bonchev–Trinajstić information content (AvgIpc) is 2.85. The number of carbonyl (C=O) groups is 1. The van der Waals surface area contributed by atoms with Gasteiger partial charge in [0.05, 0.1) is 11.0 Å². The first-order chi connectivity index (χ1) is 10.8. The highest BCUT2D eigenvalue weighted by molar-refractivity contribution is 5.76. The Labute approximate surface area is 129 Å². The van der Waals surface area contributed by atoms with E-state index in [2.05, 4.69) is 22.8 Å². The quantitative estimate of drug-likeness (QED) is 0.676. The van der Waals surface area contributed by atoms with Crippen molar-refractivity contribution in [3.8, 4) is 0 Å². The van der Waals surface area contributed by atoms with Gasteiger partial charge in [0, 0.05) is 18.0 Å². The number of nitrogens with zero attached hydrogens (tertiary/aromatic N) is 2. The SMILES string of the molecule is O=Cc1ccc(Cn2c(C3CCC3)nc3ccccc32)cc1. The van der Waals surface area contributed by atoms with Crippen LogP contribution in [0.4, 0.5) is 0 Å². The topological polar surface area (TPSA) is 34.9 Å². The van der Waals surface area contributed by atoms with Gasteiger partial charge in [-0.3, -0.25) is 4.79 Å². The first-order valence-corrected chi connectivity index (χ1v) is 7.84.